The van der Waals surface area contributed by atoms with E-state index in [-0.39, 0.29) is 18.3 Å². The summed E-state index contributed by atoms with van der Waals surface area (Å²) in [5.41, 5.74) is 1.90. The van der Waals surface area contributed by atoms with Crippen molar-refractivity contribution in [2.24, 2.45) is 7.05 Å². The van der Waals surface area contributed by atoms with Crippen LogP contribution in [0.4, 0.5) is 0 Å². The van der Waals surface area contributed by atoms with Gasteiger partial charge in [-0.25, -0.2) is 0 Å². The summed E-state index contributed by atoms with van der Waals surface area (Å²) in [6, 6.07) is 4.63. The molecular formula is C13H22ClN3O. The monoisotopic (exact) mass is 271 g/mol. The van der Waals surface area contributed by atoms with Gasteiger partial charge >= 0.3 is 0 Å². The molecule has 1 saturated heterocycles. The second-order valence-electron chi connectivity index (χ2n) is 5.10. The quantitative estimate of drug-likeness (QED) is 0.842. The minimum atomic E-state index is 0. The first-order valence-corrected chi connectivity index (χ1v) is 6.16. The molecule has 0 bridgehead atoms. The van der Waals surface area contributed by atoms with Crippen LogP contribution in [0.3, 0.4) is 0 Å². The second kappa shape index (κ2) is 5.76. The van der Waals surface area contributed by atoms with E-state index in [1.807, 2.05) is 35.6 Å². The first-order chi connectivity index (χ1) is 7.99. The van der Waals surface area contributed by atoms with E-state index >= 15 is 0 Å². The highest BCUT2D eigenvalue weighted by Crippen LogP contribution is 2.12. The Morgan fingerprint density at radius 1 is 1.28 bits per heavy atom. The largest absolute Gasteiger partial charge is 0.344 e. The van der Waals surface area contributed by atoms with E-state index in [0.29, 0.717) is 12.1 Å². The van der Waals surface area contributed by atoms with Gasteiger partial charge in [-0.15, -0.1) is 12.4 Å². The Morgan fingerprint density at radius 2 is 1.83 bits per heavy atom. The fourth-order valence-electron chi connectivity index (χ4n) is 2.48. The molecule has 1 amide bonds. The van der Waals surface area contributed by atoms with E-state index in [1.165, 1.54) is 0 Å². The number of amides is 1. The Balaban J connectivity index is 0.00000162. The highest BCUT2D eigenvalue weighted by atomic mass is 35.5. The maximum absolute atomic E-state index is 12.4. The average molecular weight is 272 g/mol. The van der Waals surface area contributed by atoms with Crippen LogP contribution in [0, 0.1) is 6.92 Å². The molecule has 1 aliphatic heterocycles. The Morgan fingerprint density at radius 3 is 2.28 bits per heavy atom. The first-order valence-electron chi connectivity index (χ1n) is 6.16. The Kier molecular flexibility index (Phi) is 4.82. The van der Waals surface area contributed by atoms with Crippen molar-refractivity contribution in [1.82, 2.24) is 14.8 Å². The summed E-state index contributed by atoms with van der Waals surface area (Å²) in [6.45, 7) is 7.82. The zero-order chi connectivity index (χ0) is 12.6. The number of carbonyl (C=O) groups is 1. The molecule has 0 saturated carbocycles. The SMILES string of the molecule is Cc1ccc(C(=O)N2CC(C)NC(C)C2)n1C.Cl. The third-order valence-corrected chi connectivity index (χ3v) is 3.44. The molecule has 18 heavy (non-hydrogen) atoms. The number of aryl methyl sites for hydroxylation is 1. The Labute approximate surface area is 115 Å². The number of hydrogen-bond donors (Lipinski definition) is 1. The molecule has 1 aromatic rings. The van der Waals surface area contributed by atoms with E-state index in [2.05, 4.69) is 19.2 Å². The van der Waals surface area contributed by atoms with Crippen LogP contribution in [-0.2, 0) is 7.05 Å². The van der Waals surface area contributed by atoms with E-state index < -0.39 is 0 Å². The van der Waals surface area contributed by atoms with Crippen LogP contribution in [-0.4, -0.2) is 40.5 Å². The summed E-state index contributed by atoms with van der Waals surface area (Å²) < 4.78 is 1.96. The molecule has 2 heterocycles. The molecule has 0 radical (unpaired) electrons. The summed E-state index contributed by atoms with van der Waals surface area (Å²) >= 11 is 0. The van der Waals surface area contributed by atoms with Gasteiger partial charge in [-0.1, -0.05) is 0 Å². The molecule has 0 aliphatic carbocycles. The van der Waals surface area contributed by atoms with Gasteiger partial charge in [-0.3, -0.25) is 4.79 Å². The molecule has 102 valence electrons. The molecule has 5 heteroatoms. The van der Waals surface area contributed by atoms with Crippen molar-refractivity contribution in [3.8, 4) is 0 Å². The Hall–Kier alpha value is -1.00. The summed E-state index contributed by atoms with van der Waals surface area (Å²) in [5, 5.41) is 3.43. The van der Waals surface area contributed by atoms with Crippen molar-refractivity contribution < 1.29 is 4.79 Å². The number of carbonyl (C=O) groups excluding carboxylic acids is 1. The number of rotatable bonds is 1. The standard InChI is InChI=1S/C13H21N3O.ClH/c1-9-7-16(8-10(2)14-9)13(17)12-6-5-11(3)15(12)4;/h5-6,9-10,14H,7-8H2,1-4H3;1H. The average Bonchev–Trinajstić information content (AvgIpc) is 2.57. The smallest absolute Gasteiger partial charge is 0.270 e. The number of nitrogens with one attached hydrogen (secondary N) is 1. The zero-order valence-corrected chi connectivity index (χ0v) is 12.3. The topological polar surface area (TPSA) is 37.3 Å². The minimum absolute atomic E-state index is 0. The lowest BCUT2D eigenvalue weighted by Gasteiger charge is -2.36. The first kappa shape index (κ1) is 15.1. The lowest BCUT2D eigenvalue weighted by Crippen LogP contribution is -2.56. The summed E-state index contributed by atoms with van der Waals surface area (Å²) in [4.78, 5) is 14.3. The van der Waals surface area contributed by atoms with Crippen LogP contribution < -0.4 is 5.32 Å². The molecule has 1 N–H and O–H groups in total. The predicted molar refractivity (Wildman–Crippen MR) is 75.4 cm³/mol. The van der Waals surface area contributed by atoms with Gasteiger partial charge in [0, 0.05) is 37.9 Å². The van der Waals surface area contributed by atoms with Crippen molar-refractivity contribution in [3.63, 3.8) is 0 Å². The fraction of sp³-hybridized carbons (Fsp3) is 0.615. The van der Waals surface area contributed by atoms with Crippen LogP contribution in [0.15, 0.2) is 12.1 Å². The normalized spacial score (nSPS) is 23.7. The predicted octanol–water partition coefficient (Wildman–Crippen LogP) is 1.58. The van der Waals surface area contributed by atoms with Gasteiger partial charge in [0.25, 0.3) is 5.91 Å². The van der Waals surface area contributed by atoms with Gasteiger partial charge in [-0.05, 0) is 32.9 Å². The van der Waals surface area contributed by atoms with Gasteiger partial charge in [0.1, 0.15) is 5.69 Å². The van der Waals surface area contributed by atoms with Crippen molar-refractivity contribution in [2.45, 2.75) is 32.9 Å². The molecule has 4 nitrogen and oxygen atoms in total. The van der Waals surface area contributed by atoms with Crippen molar-refractivity contribution in [1.29, 1.82) is 0 Å². The van der Waals surface area contributed by atoms with Gasteiger partial charge < -0.3 is 14.8 Å². The number of hydrogen-bond acceptors (Lipinski definition) is 2. The zero-order valence-electron chi connectivity index (χ0n) is 11.4. The molecule has 0 spiro atoms. The number of aromatic nitrogens is 1. The molecule has 1 fully saturated rings. The van der Waals surface area contributed by atoms with Crippen LogP contribution in [0.5, 0.6) is 0 Å². The van der Waals surface area contributed by atoms with Gasteiger partial charge in [-0.2, -0.15) is 0 Å². The fourth-order valence-corrected chi connectivity index (χ4v) is 2.48. The van der Waals surface area contributed by atoms with Crippen LogP contribution in [0.25, 0.3) is 0 Å². The number of halogens is 1. The molecule has 1 aliphatic rings. The number of piperazine rings is 1. The molecular weight excluding hydrogens is 250 g/mol. The lowest BCUT2D eigenvalue weighted by atomic mass is 10.1. The maximum Gasteiger partial charge on any atom is 0.270 e. The van der Waals surface area contributed by atoms with E-state index in [9.17, 15) is 4.79 Å². The maximum atomic E-state index is 12.4. The van der Waals surface area contributed by atoms with E-state index in [4.69, 9.17) is 0 Å². The summed E-state index contributed by atoms with van der Waals surface area (Å²) in [7, 11) is 1.94. The van der Waals surface area contributed by atoms with Crippen LogP contribution in [0.1, 0.15) is 30.0 Å². The van der Waals surface area contributed by atoms with E-state index in [0.717, 1.165) is 24.5 Å². The summed E-state index contributed by atoms with van der Waals surface area (Å²) in [5.74, 6) is 0.140. The van der Waals surface area contributed by atoms with Gasteiger partial charge in [0.05, 0.1) is 0 Å². The molecule has 0 aromatic carbocycles. The highest BCUT2D eigenvalue weighted by Gasteiger charge is 2.26. The third-order valence-electron chi connectivity index (χ3n) is 3.44. The van der Waals surface area contributed by atoms with Crippen molar-refractivity contribution >= 4 is 18.3 Å². The van der Waals surface area contributed by atoms with Crippen molar-refractivity contribution in [2.75, 3.05) is 13.1 Å². The number of nitrogens with zero attached hydrogens (tertiary/aromatic N) is 2. The molecule has 1 aromatic heterocycles. The van der Waals surface area contributed by atoms with Gasteiger partial charge in [0.15, 0.2) is 0 Å². The highest BCUT2D eigenvalue weighted by molar-refractivity contribution is 5.93. The van der Waals surface area contributed by atoms with E-state index in [1.54, 1.807) is 0 Å². The molecule has 2 rings (SSSR count). The Bertz CT molecular complexity index is 420. The second-order valence-corrected chi connectivity index (χ2v) is 5.10. The van der Waals surface area contributed by atoms with Crippen LogP contribution >= 0.6 is 12.4 Å². The molecule has 2 atom stereocenters. The summed E-state index contributed by atoms with van der Waals surface area (Å²) in [6.07, 6.45) is 0. The van der Waals surface area contributed by atoms with Gasteiger partial charge in [0.2, 0.25) is 0 Å². The van der Waals surface area contributed by atoms with Crippen LogP contribution in [0.2, 0.25) is 0 Å². The third kappa shape index (κ3) is 2.87. The lowest BCUT2D eigenvalue weighted by molar-refractivity contribution is 0.0664. The van der Waals surface area contributed by atoms with Crippen molar-refractivity contribution in [3.05, 3.63) is 23.5 Å². The molecule has 2 unspecified atom stereocenters. The minimum Gasteiger partial charge on any atom is -0.344 e.